The van der Waals surface area contributed by atoms with Crippen LogP contribution < -0.4 is 0 Å². The van der Waals surface area contributed by atoms with E-state index in [1.807, 2.05) is 24.3 Å². The Morgan fingerprint density at radius 2 is 1.94 bits per heavy atom. The minimum absolute atomic E-state index is 0.107. The number of benzene rings is 1. The maximum atomic E-state index is 12.8. The van der Waals surface area contributed by atoms with Gasteiger partial charge in [0.1, 0.15) is 12.7 Å². The number of carbonyl (C=O) groups is 2. The number of carbonyl (C=O) groups excluding carboxylic acids is 2. The summed E-state index contributed by atoms with van der Waals surface area (Å²) in [6.45, 7) is 8.68. The summed E-state index contributed by atoms with van der Waals surface area (Å²) in [5, 5.41) is 0. The van der Waals surface area contributed by atoms with Crippen molar-refractivity contribution < 1.29 is 23.5 Å². The second kappa shape index (κ2) is 9.81. The first-order valence-corrected chi connectivity index (χ1v) is 12.3. The van der Waals surface area contributed by atoms with E-state index >= 15 is 0 Å². The van der Waals surface area contributed by atoms with Gasteiger partial charge in [-0.25, -0.2) is 4.79 Å². The van der Waals surface area contributed by atoms with Crippen molar-refractivity contribution in [3.63, 3.8) is 0 Å². The fourth-order valence-electron chi connectivity index (χ4n) is 6.47. The van der Waals surface area contributed by atoms with Gasteiger partial charge in [-0.2, -0.15) is 0 Å². The average molecular weight is 465 g/mol. The number of fused-ring (bicyclic) bond motifs is 1. The molecule has 1 fully saturated rings. The zero-order valence-corrected chi connectivity index (χ0v) is 20.7. The predicted octanol–water partition coefficient (Wildman–Crippen LogP) is 6.91. The SMILES string of the molecule is CC(=O)OC(C[C@]1(C)[C@H](C)CC[C@@]2(COC(=O)c3ccccc3)C(C)=CCC[C@H]21)c1ccoc1. The van der Waals surface area contributed by atoms with Crippen molar-refractivity contribution >= 4 is 11.9 Å². The number of esters is 2. The third kappa shape index (κ3) is 4.57. The average Bonchev–Trinajstić information content (AvgIpc) is 3.36. The summed E-state index contributed by atoms with van der Waals surface area (Å²) in [4.78, 5) is 24.8. The van der Waals surface area contributed by atoms with Crippen LogP contribution in [0.5, 0.6) is 0 Å². The second-order valence-electron chi connectivity index (χ2n) is 10.4. The van der Waals surface area contributed by atoms with Gasteiger partial charge < -0.3 is 13.9 Å². The Hall–Kier alpha value is -2.82. The number of ether oxygens (including phenoxy) is 2. The van der Waals surface area contributed by atoms with Crippen LogP contribution in [-0.4, -0.2) is 18.5 Å². The Kier molecular flexibility index (Phi) is 7.01. The highest BCUT2D eigenvalue weighted by atomic mass is 16.5. The summed E-state index contributed by atoms with van der Waals surface area (Å²) in [7, 11) is 0. The molecule has 1 heterocycles. The fourth-order valence-corrected chi connectivity index (χ4v) is 6.47. The Bertz CT molecular complexity index is 1020. The maximum Gasteiger partial charge on any atom is 0.338 e. The highest BCUT2D eigenvalue weighted by Crippen LogP contribution is 2.63. The lowest BCUT2D eigenvalue weighted by Gasteiger charge is -2.59. The van der Waals surface area contributed by atoms with E-state index in [0.29, 0.717) is 30.4 Å². The van der Waals surface area contributed by atoms with E-state index < -0.39 is 0 Å². The zero-order valence-electron chi connectivity index (χ0n) is 20.7. The molecule has 0 spiro atoms. The highest BCUT2D eigenvalue weighted by molar-refractivity contribution is 5.89. The molecule has 0 saturated heterocycles. The van der Waals surface area contributed by atoms with Gasteiger partial charge >= 0.3 is 11.9 Å². The highest BCUT2D eigenvalue weighted by Gasteiger charge is 2.57. The van der Waals surface area contributed by atoms with Crippen LogP contribution in [0.2, 0.25) is 0 Å². The molecule has 1 aromatic carbocycles. The van der Waals surface area contributed by atoms with Crippen molar-refractivity contribution in [1.82, 2.24) is 0 Å². The van der Waals surface area contributed by atoms with E-state index in [-0.39, 0.29) is 28.9 Å². The minimum Gasteiger partial charge on any atom is -0.472 e. The van der Waals surface area contributed by atoms with Crippen LogP contribution in [0, 0.1) is 22.7 Å². The number of rotatable bonds is 7. The van der Waals surface area contributed by atoms with Crippen LogP contribution in [0.15, 0.2) is 65.0 Å². The van der Waals surface area contributed by atoms with E-state index in [1.165, 1.54) is 12.5 Å². The normalized spacial score (nSPS) is 29.5. The van der Waals surface area contributed by atoms with Gasteiger partial charge in [0.15, 0.2) is 0 Å². The summed E-state index contributed by atoms with van der Waals surface area (Å²) in [6, 6.07) is 11.1. The van der Waals surface area contributed by atoms with Gasteiger partial charge in [-0.05, 0) is 74.5 Å². The molecular weight excluding hydrogens is 428 g/mol. The molecule has 4 rings (SSSR count). The lowest BCUT2D eigenvalue weighted by molar-refractivity contribution is -0.153. The monoisotopic (exact) mass is 464 g/mol. The predicted molar refractivity (Wildman–Crippen MR) is 130 cm³/mol. The summed E-state index contributed by atoms with van der Waals surface area (Å²) >= 11 is 0. The van der Waals surface area contributed by atoms with E-state index in [2.05, 4.69) is 26.8 Å². The summed E-state index contributed by atoms with van der Waals surface area (Å²) in [5.41, 5.74) is 2.47. The van der Waals surface area contributed by atoms with Crippen LogP contribution >= 0.6 is 0 Å². The molecular formula is C29H36O5. The van der Waals surface area contributed by atoms with Crippen molar-refractivity contribution in [2.75, 3.05) is 6.61 Å². The van der Waals surface area contributed by atoms with E-state index in [1.54, 1.807) is 24.7 Å². The number of hydrogen-bond donors (Lipinski definition) is 0. The molecule has 5 nitrogen and oxygen atoms in total. The van der Waals surface area contributed by atoms with Crippen molar-refractivity contribution in [3.8, 4) is 0 Å². The molecule has 0 amide bonds. The molecule has 2 aromatic rings. The topological polar surface area (TPSA) is 65.7 Å². The van der Waals surface area contributed by atoms with Crippen molar-refractivity contribution in [1.29, 1.82) is 0 Å². The Morgan fingerprint density at radius 3 is 2.62 bits per heavy atom. The Balaban J connectivity index is 1.64. The molecule has 0 aliphatic heterocycles. The quantitative estimate of drug-likeness (QED) is 0.329. The van der Waals surface area contributed by atoms with Crippen LogP contribution in [0.25, 0.3) is 0 Å². The van der Waals surface area contributed by atoms with Crippen LogP contribution in [0.1, 0.15) is 81.8 Å². The molecule has 1 unspecified atom stereocenters. The summed E-state index contributed by atoms with van der Waals surface area (Å²) in [6.07, 6.45) is 10.0. The van der Waals surface area contributed by atoms with E-state index in [0.717, 1.165) is 31.2 Å². The van der Waals surface area contributed by atoms with Crippen LogP contribution in [-0.2, 0) is 14.3 Å². The second-order valence-corrected chi connectivity index (χ2v) is 10.4. The number of furan rings is 1. The molecule has 2 aliphatic carbocycles. The summed E-state index contributed by atoms with van der Waals surface area (Å²) in [5.74, 6) is 0.179. The molecule has 1 saturated carbocycles. The Labute approximate surface area is 202 Å². The van der Waals surface area contributed by atoms with Gasteiger partial charge in [-0.15, -0.1) is 0 Å². The van der Waals surface area contributed by atoms with Gasteiger partial charge in [-0.1, -0.05) is 43.7 Å². The first-order chi connectivity index (χ1) is 16.3. The standard InChI is InChI=1S/C29H36O5/c1-20-13-15-29(19-33-27(31)23-10-6-5-7-11-23)21(2)9-8-12-26(29)28(20,4)17-25(34-22(3)30)24-14-16-32-18-24/h5-7,9-11,14,16,18,20,25-26H,8,12-13,15,17,19H2,1-4H3/t20-,25?,26+,28-,29-/m1/s1. The molecule has 1 aromatic heterocycles. The molecule has 0 radical (unpaired) electrons. The Morgan fingerprint density at radius 1 is 1.18 bits per heavy atom. The third-order valence-electron chi connectivity index (χ3n) is 8.62. The maximum absolute atomic E-state index is 12.8. The van der Waals surface area contributed by atoms with E-state index in [9.17, 15) is 9.59 Å². The number of allylic oxidation sites excluding steroid dienone is 1. The lowest BCUT2D eigenvalue weighted by Crippen LogP contribution is -2.53. The molecule has 2 aliphatic rings. The fraction of sp³-hybridized carbons (Fsp3) is 0.517. The molecule has 0 bridgehead atoms. The molecule has 0 N–H and O–H groups in total. The van der Waals surface area contributed by atoms with Crippen LogP contribution in [0.3, 0.4) is 0 Å². The van der Waals surface area contributed by atoms with Gasteiger partial charge in [0.2, 0.25) is 0 Å². The molecule has 5 atom stereocenters. The van der Waals surface area contributed by atoms with Crippen molar-refractivity contribution in [3.05, 3.63) is 71.7 Å². The van der Waals surface area contributed by atoms with E-state index in [4.69, 9.17) is 13.9 Å². The smallest absolute Gasteiger partial charge is 0.338 e. The largest absolute Gasteiger partial charge is 0.472 e. The number of hydrogen-bond acceptors (Lipinski definition) is 5. The minimum atomic E-state index is -0.363. The van der Waals surface area contributed by atoms with Gasteiger partial charge in [0.25, 0.3) is 0 Å². The third-order valence-corrected chi connectivity index (χ3v) is 8.62. The zero-order chi connectivity index (χ0) is 24.3. The molecule has 182 valence electrons. The van der Waals surface area contributed by atoms with Gasteiger partial charge in [0.05, 0.1) is 18.1 Å². The van der Waals surface area contributed by atoms with Gasteiger partial charge in [0, 0.05) is 17.9 Å². The molecule has 34 heavy (non-hydrogen) atoms. The van der Waals surface area contributed by atoms with Gasteiger partial charge in [-0.3, -0.25) is 4.79 Å². The lowest BCUT2D eigenvalue weighted by atomic mass is 9.46. The first kappa shape index (κ1) is 24.3. The summed E-state index contributed by atoms with van der Waals surface area (Å²) < 4.78 is 17.1. The van der Waals surface area contributed by atoms with Crippen molar-refractivity contribution in [2.45, 2.75) is 65.9 Å². The molecule has 5 heteroatoms. The van der Waals surface area contributed by atoms with Crippen molar-refractivity contribution in [2.24, 2.45) is 22.7 Å². The first-order valence-electron chi connectivity index (χ1n) is 12.3. The van der Waals surface area contributed by atoms with Crippen LogP contribution in [0.4, 0.5) is 0 Å².